The lowest BCUT2D eigenvalue weighted by Gasteiger charge is -2.02. The van der Waals surface area contributed by atoms with Gasteiger partial charge < -0.3 is 0 Å². The summed E-state index contributed by atoms with van der Waals surface area (Å²) < 4.78 is 27.4. The number of aromatic amines is 1. The quantitative estimate of drug-likeness (QED) is 0.642. The van der Waals surface area contributed by atoms with Gasteiger partial charge in [-0.2, -0.15) is 5.10 Å². The monoisotopic (exact) mass is 396 g/mol. The predicted octanol–water partition coefficient (Wildman–Crippen LogP) is 2.94. The molecule has 2 heterocycles. The van der Waals surface area contributed by atoms with Gasteiger partial charge in [-0.3, -0.25) is 5.10 Å². The molecule has 0 spiro atoms. The highest BCUT2D eigenvalue weighted by atomic mass is 35.5. The van der Waals surface area contributed by atoms with E-state index in [1.54, 1.807) is 6.07 Å². The predicted molar refractivity (Wildman–Crippen MR) is 98.6 cm³/mol. The third-order valence-corrected chi connectivity index (χ3v) is 6.67. The maximum Gasteiger partial charge on any atom is 0.250 e. The van der Waals surface area contributed by atoms with Gasteiger partial charge in [0.25, 0.3) is 0 Å². The van der Waals surface area contributed by atoms with Crippen molar-refractivity contribution in [3.8, 4) is 0 Å². The summed E-state index contributed by atoms with van der Waals surface area (Å²) in [5.74, 6) is 1.34. The van der Waals surface area contributed by atoms with Crippen LogP contribution in [0.4, 0.5) is 0 Å². The van der Waals surface area contributed by atoms with E-state index in [4.69, 9.17) is 11.6 Å². The molecular weight excluding hydrogens is 380 g/mol. The summed E-state index contributed by atoms with van der Waals surface area (Å²) in [7, 11) is -3.54. The normalized spacial score (nSPS) is 11.8. The van der Waals surface area contributed by atoms with Gasteiger partial charge in [-0.25, -0.2) is 18.1 Å². The van der Waals surface area contributed by atoms with Crippen molar-refractivity contribution >= 4 is 33.0 Å². The zero-order valence-corrected chi connectivity index (χ0v) is 15.9. The number of benzene rings is 1. The van der Waals surface area contributed by atoms with Gasteiger partial charge in [-0.15, -0.1) is 11.3 Å². The average molecular weight is 397 g/mol. The van der Waals surface area contributed by atoms with Gasteiger partial charge in [0.1, 0.15) is 10.0 Å². The number of H-pyrrole nitrogens is 1. The molecule has 0 unspecified atom stereocenters. The van der Waals surface area contributed by atoms with Gasteiger partial charge in [0.2, 0.25) is 10.0 Å². The molecule has 132 valence electrons. The Morgan fingerprint density at radius 2 is 2.12 bits per heavy atom. The maximum atomic E-state index is 12.1. The molecule has 0 aliphatic carbocycles. The first-order valence-electron chi connectivity index (χ1n) is 7.63. The lowest BCUT2D eigenvalue weighted by Crippen LogP contribution is -2.25. The molecule has 0 bridgehead atoms. The summed E-state index contributed by atoms with van der Waals surface area (Å²) in [6, 6.07) is 11.2. The van der Waals surface area contributed by atoms with Crippen LogP contribution in [0.5, 0.6) is 0 Å². The third-order valence-electron chi connectivity index (χ3n) is 3.49. The van der Waals surface area contributed by atoms with E-state index < -0.39 is 10.0 Å². The minimum absolute atomic E-state index is 0.202. The molecule has 0 atom stereocenters. The topological polar surface area (TPSA) is 87.7 Å². The van der Waals surface area contributed by atoms with Crippen LogP contribution in [-0.4, -0.2) is 30.1 Å². The van der Waals surface area contributed by atoms with Crippen molar-refractivity contribution in [3.05, 3.63) is 63.5 Å². The molecule has 1 aromatic carbocycles. The molecule has 6 nitrogen and oxygen atoms in total. The summed E-state index contributed by atoms with van der Waals surface area (Å²) in [4.78, 5) is 4.41. The summed E-state index contributed by atoms with van der Waals surface area (Å²) in [6.07, 6.45) is 1.07. The fourth-order valence-corrected chi connectivity index (χ4v) is 4.91. The van der Waals surface area contributed by atoms with Gasteiger partial charge in [-0.1, -0.05) is 41.4 Å². The molecule has 3 rings (SSSR count). The lowest BCUT2D eigenvalue weighted by molar-refractivity contribution is 0.583. The van der Waals surface area contributed by atoms with E-state index in [-0.39, 0.29) is 10.8 Å². The molecular formula is C16H17ClN4O2S2. The number of aromatic nitrogens is 3. The van der Waals surface area contributed by atoms with Gasteiger partial charge in [-0.05, 0) is 24.6 Å². The number of halogens is 1. The summed E-state index contributed by atoms with van der Waals surface area (Å²) in [5, 5.41) is 7.04. The first-order valence-corrected chi connectivity index (χ1v) is 10.3. The molecule has 0 amide bonds. The number of rotatable bonds is 7. The van der Waals surface area contributed by atoms with Crippen LogP contribution < -0.4 is 4.72 Å². The van der Waals surface area contributed by atoms with Crippen molar-refractivity contribution < 1.29 is 8.42 Å². The molecule has 2 N–H and O–H groups in total. The molecule has 0 aliphatic heterocycles. The van der Waals surface area contributed by atoms with Crippen molar-refractivity contribution in [2.24, 2.45) is 0 Å². The third kappa shape index (κ3) is 4.88. The summed E-state index contributed by atoms with van der Waals surface area (Å²) >= 11 is 6.80. The highest BCUT2D eigenvalue weighted by Crippen LogP contribution is 2.25. The number of sulfonamides is 1. The summed E-state index contributed by atoms with van der Waals surface area (Å²) in [6.45, 7) is 2.27. The molecule has 2 aromatic heterocycles. The second-order valence-electron chi connectivity index (χ2n) is 5.57. The van der Waals surface area contributed by atoms with E-state index >= 15 is 0 Å². The second kappa shape index (κ2) is 7.65. The zero-order valence-electron chi connectivity index (χ0n) is 13.5. The maximum absolute atomic E-state index is 12.1. The Bertz CT molecular complexity index is 966. The van der Waals surface area contributed by atoms with E-state index in [1.807, 2.05) is 25.1 Å². The number of nitrogens with zero attached hydrogens (tertiary/aromatic N) is 2. The lowest BCUT2D eigenvalue weighted by atomic mass is 10.1. The van der Waals surface area contributed by atoms with Crippen LogP contribution in [0.25, 0.3) is 0 Å². The minimum Gasteiger partial charge on any atom is -0.263 e. The first-order chi connectivity index (χ1) is 11.9. The van der Waals surface area contributed by atoms with Crippen LogP contribution in [0.3, 0.4) is 0 Å². The van der Waals surface area contributed by atoms with Crippen LogP contribution >= 0.6 is 22.9 Å². The zero-order chi connectivity index (χ0) is 17.9. The van der Waals surface area contributed by atoms with Gasteiger partial charge in [0.05, 0.1) is 4.34 Å². The fraction of sp³-hybridized carbons (Fsp3) is 0.250. The van der Waals surface area contributed by atoms with E-state index in [2.05, 4.69) is 26.0 Å². The Morgan fingerprint density at radius 1 is 1.28 bits per heavy atom. The van der Waals surface area contributed by atoms with Crippen LogP contribution in [-0.2, 0) is 22.9 Å². The number of nitrogens with one attached hydrogen (secondary N) is 2. The average Bonchev–Trinajstić information content (AvgIpc) is 3.17. The SMILES string of the molecule is Cc1cccc(Cc2nc(CCNS(=O)(=O)c3ccc(Cl)s3)n[nH]2)c1. The van der Waals surface area contributed by atoms with E-state index in [9.17, 15) is 8.42 Å². The molecule has 0 saturated carbocycles. The van der Waals surface area contributed by atoms with Crippen LogP contribution in [0.2, 0.25) is 4.34 Å². The number of thiophene rings is 1. The molecule has 0 fully saturated rings. The van der Waals surface area contributed by atoms with Crippen molar-refractivity contribution in [1.82, 2.24) is 19.9 Å². The molecule has 0 aliphatic rings. The number of hydrogen-bond acceptors (Lipinski definition) is 5. The molecule has 0 saturated heterocycles. The highest BCUT2D eigenvalue weighted by molar-refractivity contribution is 7.91. The smallest absolute Gasteiger partial charge is 0.250 e. The van der Waals surface area contributed by atoms with E-state index in [0.29, 0.717) is 23.0 Å². The number of aryl methyl sites for hydroxylation is 1. The Morgan fingerprint density at radius 3 is 2.84 bits per heavy atom. The van der Waals surface area contributed by atoms with Gasteiger partial charge in [0.15, 0.2) is 5.82 Å². The van der Waals surface area contributed by atoms with Crippen molar-refractivity contribution in [1.29, 1.82) is 0 Å². The first kappa shape index (κ1) is 18.1. The van der Waals surface area contributed by atoms with E-state index in [0.717, 1.165) is 22.7 Å². The molecule has 25 heavy (non-hydrogen) atoms. The van der Waals surface area contributed by atoms with Crippen molar-refractivity contribution in [3.63, 3.8) is 0 Å². The van der Waals surface area contributed by atoms with Crippen molar-refractivity contribution in [2.75, 3.05) is 6.54 Å². The summed E-state index contributed by atoms with van der Waals surface area (Å²) in [5.41, 5.74) is 2.35. The Kier molecular flexibility index (Phi) is 5.53. The minimum atomic E-state index is -3.54. The van der Waals surface area contributed by atoms with Gasteiger partial charge in [0, 0.05) is 19.4 Å². The molecule has 0 radical (unpaired) electrons. The number of hydrogen-bond donors (Lipinski definition) is 2. The fourth-order valence-electron chi connectivity index (χ4n) is 2.35. The second-order valence-corrected chi connectivity index (χ2v) is 9.28. The van der Waals surface area contributed by atoms with Crippen molar-refractivity contribution in [2.45, 2.75) is 24.0 Å². The highest BCUT2D eigenvalue weighted by Gasteiger charge is 2.16. The Labute approximate surface area is 155 Å². The standard InChI is InChI=1S/C16H17ClN4O2S2/c1-11-3-2-4-12(9-11)10-15-19-14(20-21-15)7-8-18-25(22,23)16-6-5-13(17)24-16/h2-6,9,18H,7-8,10H2,1H3,(H,19,20,21). The van der Waals surface area contributed by atoms with E-state index in [1.165, 1.54) is 11.6 Å². The van der Waals surface area contributed by atoms with Crippen LogP contribution in [0.1, 0.15) is 22.8 Å². The molecule has 3 aromatic rings. The Hall–Kier alpha value is -1.74. The van der Waals surface area contributed by atoms with Crippen LogP contribution in [0, 0.1) is 6.92 Å². The van der Waals surface area contributed by atoms with Crippen LogP contribution in [0.15, 0.2) is 40.6 Å². The Balaban J connectivity index is 1.55. The largest absolute Gasteiger partial charge is 0.263 e. The van der Waals surface area contributed by atoms with Gasteiger partial charge >= 0.3 is 0 Å². The molecule has 9 heteroatoms.